The first kappa shape index (κ1) is 12.6. The molecule has 0 spiro atoms. The van der Waals surface area contributed by atoms with E-state index in [4.69, 9.17) is 0 Å². The zero-order valence-corrected chi connectivity index (χ0v) is 11.9. The smallest absolute Gasteiger partial charge is 0.223 e. The van der Waals surface area contributed by atoms with Gasteiger partial charge < -0.3 is 10.2 Å². The van der Waals surface area contributed by atoms with Crippen LogP contribution in [0, 0.1) is 5.92 Å². The molecular formula is C15H19N5O. The Morgan fingerprint density at radius 1 is 1.19 bits per heavy atom. The lowest BCUT2D eigenvalue weighted by atomic mass is 10.0. The van der Waals surface area contributed by atoms with Gasteiger partial charge in [0.1, 0.15) is 5.82 Å². The lowest BCUT2D eigenvalue weighted by Crippen LogP contribution is -2.60. The standard InChI is InChI=1S/C15H19N5O/c21-15(11-3-1-2-4-11)18-12-9-19(10-12)14-6-7-16-13-5-8-17-20(13)14/h5-8,11-12H,1-4,9-10H2,(H,18,21). The largest absolute Gasteiger partial charge is 0.352 e. The van der Waals surface area contributed by atoms with Crippen LogP contribution in [-0.2, 0) is 4.79 Å². The Balaban J connectivity index is 1.38. The molecule has 0 radical (unpaired) electrons. The maximum Gasteiger partial charge on any atom is 0.223 e. The molecule has 1 amide bonds. The Hall–Kier alpha value is -2.11. The van der Waals surface area contributed by atoms with Crippen LogP contribution < -0.4 is 10.2 Å². The zero-order chi connectivity index (χ0) is 14.2. The van der Waals surface area contributed by atoms with Crippen LogP contribution in [0.2, 0.25) is 0 Å². The molecule has 0 aromatic carbocycles. The van der Waals surface area contributed by atoms with Crippen LogP contribution in [0.5, 0.6) is 0 Å². The van der Waals surface area contributed by atoms with E-state index in [9.17, 15) is 4.79 Å². The van der Waals surface area contributed by atoms with Crippen molar-refractivity contribution >= 4 is 17.4 Å². The molecular weight excluding hydrogens is 266 g/mol. The van der Waals surface area contributed by atoms with Gasteiger partial charge in [0.2, 0.25) is 5.91 Å². The van der Waals surface area contributed by atoms with Crippen LogP contribution >= 0.6 is 0 Å². The van der Waals surface area contributed by atoms with Crippen molar-refractivity contribution in [3.05, 3.63) is 24.5 Å². The normalized spacial score (nSPS) is 19.9. The molecule has 3 heterocycles. The molecule has 6 heteroatoms. The number of nitrogens with zero attached hydrogens (tertiary/aromatic N) is 4. The Bertz CT molecular complexity index is 655. The molecule has 110 valence electrons. The molecule has 2 aromatic heterocycles. The number of carbonyl (C=O) groups is 1. The van der Waals surface area contributed by atoms with E-state index in [-0.39, 0.29) is 17.9 Å². The van der Waals surface area contributed by atoms with Gasteiger partial charge in [-0.15, -0.1) is 0 Å². The van der Waals surface area contributed by atoms with Gasteiger partial charge in [-0.2, -0.15) is 9.61 Å². The summed E-state index contributed by atoms with van der Waals surface area (Å²) in [5.41, 5.74) is 0.853. The van der Waals surface area contributed by atoms with Crippen LogP contribution in [0.15, 0.2) is 24.5 Å². The summed E-state index contributed by atoms with van der Waals surface area (Å²) in [4.78, 5) is 18.6. The molecule has 6 nitrogen and oxygen atoms in total. The average molecular weight is 285 g/mol. The second-order valence-corrected chi connectivity index (χ2v) is 6.00. The fourth-order valence-electron chi connectivity index (χ4n) is 3.32. The lowest BCUT2D eigenvalue weighted by molar-refractivity contribution is -0.125. The highest BCUT2D eigenvalue weighted by Crippen LogP contribution is 2.26. The second-order valence-electron chi connectivity index (χ2n) is 6.00. The van der Waals surface area contributed by atoms with Crippen molar-refractivity contribution in [1.82, 2.24) is 19.9 Å². The monoisotopic (exact) mass is 285 g/mol. The van der Waals surface area contributed by atoms with Gasteiger partial charge in [-0.25, -0.2) is 4.98 Å². The highest BCUT2D eigenvalue weighted by atomic mass is 16.2. The summed E-state index contributed by atoms with van der Waals surface area (Å²) in [7, 11) is 0. The minimum absolute atomic E-state index is 0.246. The molecule has 2 aliphatic rings. The van der Waals surface area contributed by atoms with E-state index in [1.54, 1.807) is 12.4 Å². The summed E-state index contributed by atoms with van der Waals surface area (Å²) in [5.74, 6) is 1.53. The molecule has 1 aliphatic carbocycles. The van der Waals surface area contributed by atoms with Gasteiger partial charge in [-0.05, 0) is 18.9 Å². The van der Waals surface area contributed by atoms with Crippen molar-refractivity contribution in [3.8, 4) is 0 Å². The van der Waals surface area contributed by atoms with Crippen molar-refractivity contribution in [2.24, 2.45) is 5.92 Å². The van der Waals surface area contributed by atoms with E-state index in [0.29, 0.717) is 0 Å². The molecule has 21 heavy (non-hydrogen) atoms. The Kier molecular flexibility index (Phi) is 3.02. The molecule has 0 unspecified atom stereocenters. The number of nitrogens with one attached hydrogen (secondary N) is 1. The summed E-state index contributed by atoms with van der Waals surface area (Å²) in [5, 5.41) is 7.47. The maximum absolute atomic E-state index is 12.1. The number of aromatic nitrogens is 3. The van der Waals surface area contributed by atoms with Crippen molar-refractivity contribution < 1.29 is 4.79 Å². The molecule has 1 aliphatic heterocycles. The third-order valence-corrected chi connectivity index (χ3v) is 4.55. The number of rotatable bonds is 3. The van der Waals surface area contributed by atoms with E-state index in [2.05, 4.69) is 20.3 Å². The predicted molar refractivity (Wildman–Crippen MR) is 79.1 cm³/mol. The molecule has 2 fully saturated rings. The first-order chi connectivity index (χ1) is 10.3. The van der Waals surface area contributed by atoms with Gasteiger partial charge in [0.25, 0.3) is 0 Å². The van der Waals surface area contributed by atoms with E-state index < -0.39 is 0 Å². The van der Waals surface area contributed by atoms with Gasteiger partial charge in [-0.1, -0.05) is 12.8 Å². The van der Waals surface area contributed by atoms with Crippen LogP contribution in [0.3, 0.4) is 0 Å². The van der Waals surface area contributed by atoms with Gasteiger partial charge in [0.05, 0.1) is 12.2 Å². The summed E-state index contributed by atoms with van der Waals surface area (Å²) in [6, 6.07) is 4.12. The maximum atomic E-state index is 12.1. The fourth-order valence-corrected chi connectivity index (χ4v) is 3.32. The Morgan fingerprint density at radius 2 is 2.00 bits per heavy atom. The predicted octanol–water partition coefficient (Wildman–Crippen LogP) is 1.22. The number of amides is 1. The van der Waals surface area contributed by atoms with Crippen LogP contribution in [-0.4, -0.2) is 39.6 Å². The number of hydrogen-bond donors (Lipinski definition) is 1. The number of carbonyl (C=O) groups excluding carboxylic acids is 1. The van der Waals surface area contributed by atoms with Gasteiger partial charge in [0, 0.05) is 31.3 Å². The zero-order valence-electron chi connectivity index (χ0n) is 11.9. The third kappa shape index (κ3) is 2.24. The minimum atomic E-state index is 0.246. The average Bonchev–Trinajstić information content (AvgIpc) is 3.11. The van der Waals surface area contributed by atoms with E-state index in [1.165, 1.54) is 12.8 Å². The summed E-state index contributed by atoms with van der Waals surface area (Å²) in [6.45, 7) is 1.69. The van der Waals surface area contributed by atoms with Crippen molar-refractivity contribution in [2.75, 3.05) is 18.0 Å². The Labute approximate surface area is 123 Å². The SMILES string of the molecule is O=C(NC1CN(c2ccnc3ccnn23)C1)C1CCCC1. The molecule has 2 aromatic rings. The van der Waals surface area contributed by atoms with Gasteiger partial charge in [-0.3, -0.25) is 4.79 Å². The lowest BCUT2D eigenvalue weighted by Gasteiger charge is -2.41. The van der Waals surface area contributed by atoms with Gasteiger partial charge in [0.15, 0.2) is 5.65 Å². The highest BCUT2D eigenvalue weighted by Gasteiger charge is 2.32. The third-order valence-electron chi connectivity index (χ3n) is 4.55. The first-order valence-electron chi connectivity index (χ1n) is 7.65. The van der Waals surface area contributed by atoms with Crippen molar-refractivity contribution in [1.29, 1.82) is 0 Å². The fraction of sp³-hybridized carbons (Fsp3) is 0.533. The minimum Gasteiger partial charge on any atom is -0.352 e. The topological polar surface area (TPSA) is 62.5 Å². The quantitative estimate of drug-likeness (QED) is 0.921. The molecule has 0 bridgehead atoms. The van der Waals surface area contributed by atoms with E-state index in [0.717, 1.165) is 37.4 Å². The van der Waals surface area contributed by atoms with Crippen LogP contribution in [0.1, 0.15) is 25.7 Å². The molecule has 0 atom stereocenters. The van der Waals surface area contributed by atoms with E-state index in [1.807, 2.05) is 16.6 Å². The van der Waals surface area contributed by atoms with E-state index >= 15 is 0 Å². The van der Waals surface area contributed by atoms with Crippen LogP contribution in [0.4, 0.5) is 5.82 Å². The number of anilines is 1. The van der Waals surface area contributed by atoms with Crippen LogP contribution in [0.25, 0.3) is 5.65 Å². The van der Waals surface area contributed by atoms with Crippen molar-refractivity contribution in [2.45, 2.75) is 31.7 Å². The summed E-state index contributed by atoms with van der Waals surface area (Å²) < 4.78 is 1.84. The Morgan fingerprint density at radius 3 is 2.81 bits per heavy atom. The second kappa shape index (κ2) is 5.02. The summed E-state index contributed by atoms with van der Waals surface area (Å²) in [6.07, 6.45) is 8.06. The highest BCUT2D eigenvalue weighted by molar-refractivity contribution is 5.79. The summed E-state index contributed by atoms with van der Waals surface area (Å²) >= 11 is 0. The first-order valence-corrected chi connectivity index (χ1v) is 7.65. The molecule has 1 saturated heterocycles. The van der Waals surface area contributed by atoms with Gasteiger partial charge >= 0.3 is 0 Å². The number of hydrogen-bond acceptors (Lipinski definition) is 4. The molecule has 1 N–H and O–H groups in total. The molecule has 4 rings (SSSR count). The molecule has 1 saturated carbocycles. The number of fused-ring (bicyclic) bond motifs is 1. The van der Waals surface area contributed by atoms with Crippen molar-refractivity contribution in [3.63, 3.8) is 0 Å².